The monoisotopic (exact) mass is 716 g/mol. The van der Waals surface area contributed by atoms with Gasteiger partial charge in [-0.2, -0.15) is 0 Å². The summed E-state index contributed by atoms with van der Waals surface area (Å²) in [6.07, 6.45) is 6.74. The maximum atomic E-state index is 14.5. The van der Waals surface area contributed by atoms with Crippen molar-refractivity contribution in [1.82, 2.24) is 0 Å². The van der Waals surface area contributed by atoms with Gasteiger partial charge >= 0.3 is 0 Å². The zero-order chi connectivity index (χ0) is 35.7. The van der Waals surface area contributed by atoms with Crippen LogP contribution in [0, 0.1) is 29.5 Å². The van der Waals surface area contributed by atoms with Crippen LogP contribution in [0.1, 0.15) is 24.0 Å². The number of imide groups is 2. The second-order valence-corrected chi connectivity index (χ2v) is 14.0. The number of amides is 4. The minimum absolute atomic E-state index is 0.0858. The standard InChI is InChI=1S/C38H31Cl2FN2O7/c1-4-20-5-10-23(11-6-20)42-33(45)26-15-14-25-27(31(26)34(42)46)19-37(39)35(47)43(24-12-8-22(41)9-13-24)36(48)38(37,40)28(25)16-7-21-17-29(49-2)32(44)30(18-21)50-3/h4-14,16-18,26-28,31,44H,1,15,19H2,2-3H3/t26-,27+,28-,31-,37+,38-/m0/s1. The van der Waals surface area contributed by atoms with Crippen LogP contribution in [0.4, 0.5) is 15.8 Å². The summed E-state index contributed by atoms with van der Waals surface area (Å²) in [7, 11) is 2.77. The summed E-state index contributed by atoms with van der Waals surface area (Å²) in [6, 6.07) is 14.8. The lowest BCUT2D eigenvalue weighted by Crippen LogP contribution is -2.60. The number of hydrogen-bond donors (Lipinski definition) is 1. The van der Waals surface area contributed by atoms with Crippen molar-refractivity contribution in [2.24, 2.45) is 23.7 Å². The summed E-state index contributed by atoms with van der Waals surface area (Å²) in [5.74, 6) is -6.34. The molecule has 50 heavy (non-hydrogen) atoms. The third-order valence-electron chi connectivity index (χ3n) is 10.3. The Labute approximate surface area is 297 Å². The minimum atomic E-state index is -2.08. The van der Waals surface area contributed by atoms with Crippen LogP contribution in [0.15, 0.2) is 85.0 Å². The van der Waals surface area contributed by atoms with Gasteiger partial charge < -0.3 is 14.6 Å². The quantitative estimate of drug-likeness (QED) is 0.169. The van der Waals surface area contributed by atoms with E-state index in [9.17, 15) is 28.7 Å². The molecule has 3 aromatic rings. The molecule has 0 bridgehead atoms. The molecule has 4 aliphatic rings. The first kappa shape index (κ1) is 33.6. The van der Waals surface area contributed by atoms with Gasteiger partial charge in [0.25, 0.3) is 11.8 Å². The highest BCUT2D eigenvalue weighted by molar-refractivity contribution is 6.58. The maximum absolute atomic E-state index is 14.5. The summed E-state index contributed by atoms with van der Waals surface area (Å²) in [5.41, 5.74) is 2.41. The number of halogens is 3. The lowest BCUT2D eigenvalue weighted by molar-refractivity contribution is -0.125. The Hall–Kier alpha value is -4.93. The van der Waals surface area contributed by atoms with E-state index in [0.717, 1.165) is 22.6 Å². The maximum Gasteiger partial charge on any atom is 0.258 e. The molecule has 3 aromatic carbocycles. The molecule has 0 spiro atoms. The summed E-state index contributed by atoms with van der Waals surface area (Å²) in [6.45, 7) is 3.75. The summed E-state index contributed by atoms with van der Waals surface area (Å²) in [4.78, 5) is 54.9. The molecule has 9 nitrogen and oxygen atoms in total. The number of nitrogens with zero attached hydrogens (tertiary/aromatic N) is 2. The van der Waals surface area contributed by atoms with Gasteiger partial charge in [0.05, 0.1) is 37.4 Å². The molecule has 0 aromatic heterocycles. The zero-order valence-electron chi connectivity index (χ0n) is 26.9. The molecule has 0 radical (unpaired) electrons. The molecule has 6 atom stereocenters. The van der Waals surface area contributed by atoms with Gasteiger partial charge in [0, 0.05) is 5.92 Å². The van der Waals surface area contributed by atoms with Crippen LogP contribution < -0.4 is 19.3 Å². The molecule has 2 aliphatic carbocycles. The molecular weight excluding hydrogens is 686 g/mol. The predicted molar refractivity (Wildman–Crippen MR) is 187 cm³/mol. The molecule has 1 saturated carbocycles. The lowest BCUT2D eigenvalue weighted by atomic mass is 9.57. The average Bonchev–Trinajstić information content (AvgIpc) is 3.46. The number of benzene rings is 3. The second-order valence-electron chi connectivity index (χ2n) is 12.7. The molecule has 2 heterocycles. The number of rotatable bonds is 7. The Morgan fingerprint density at radius 1 is 0.860 bits per heavy atom. The number of anilines is 2. The van der Waals surface area contributed by atoms with Crippen molar-refractivity contribution in [3.05, 3.63) is 102 Å². The molecule has 4 amide bonds. The van der Waals surface area contributed by atoms with E-state index in [1.807, 2.05) is 6.08 Å². The first-order valence-electron chi connectivity index (χ1n) is 15.9. The number of carbonyl (C=O) groups is 4. The average molecular weight is 718 g/mol. The van der Waals surface area contributed by atoms with Crippen LogP contribution in [0.5, 0.6) is 17.2 Å². The van der Waals surface area contributed by atoms with E-state index in [2.05, 4.69) is 6.58 Å². The molecule has 7 rings (SSSR count). The number of phenols is 1. The highest BCUT2D eigenvalue weighted by Gasteiger charge is 2.76. The fraction of sp³-hybridized carbons (Fsp3) is 0.263. The van der Waals surface area contributed by atoms with E-state index in [4.69, 9.17) is 32.7 Å². The molecular formula is C38H31Cl2FN2O7. The van der Waals surface area contributed by atoms with Crippen molar-refractivity contribution >= 4 is 70.4 Å². The number of phenolic OH excluding ortho intramolecular Hbond substituents is 1. The van der Waals surface area contributed by atoms with Crippen LogP contribution in [0.25, 0.3) is 12.2 Å². The topological polar surface area (TPSA) is 113 Å². The summed E-state index contributed by atoms with van der Waals surface area (Å²) < 4.78 is 24.5. The zero-order valence-corrected chi connectivity index (χ0v) is 28.5. The predicted octanol–water partition coefficient (Wildman–Crippen LogP) is 6.51. The Kier molecular flexibility index (Phi) is 8.15. The van der Waals surface area contributed by atoms with Crippen LogP contribution >= 0.6 is 23.2 Å². The highest BCUT2D eigenvalue weighted by Crippen LogP contribution is 2.63. The number of methoxy groups -OCH3 is 2. The van der Waals surface area contributed by atoms with Crippen molar-refractivity contribution in [3.8, 4) is 17.2 Å². The fourth-order valence-corrected chi connectivity index (χ4v) is 8.77. The van der Waals surface area contributed by atoms with Crippen LogP contribution in [0.2, 0.25) is 0 Å². The SMILES string of the molecule is C=Cc1ccc(N2C(=O)[C@H]3[C@H](CC=C4[C@H]3C[C@@]3(Cl)C(=O)N(c5ccc(F)cc5)C(=O)[C@@]3(Cl)[C@H]4C=Cc3cc(OC)c(O)c(OC)c3)C2=O)cc1. The third-order valence-corrected chi connectivity index (χ3v) is 11.8. The van der Waals surface area contributed by atoms with E-state index >= 15 is 0 Å². The van der Waals surface area contributed by atoms with Crippen LogP contribution in [-0.4, -0.2) is 52.7 Å². The largest absolute Gasteiger partial charge is 0.502 e. The molecule has 2 saturated heterocycles. The number of carbonyl (C=O) groups excluding carboxylic acids is 4. The number of aromatic hydroxyl groups is 1. The number of ether oxygens (including phenoxy) is 2. The normalized spacial score (nSPS) is 28.8. The van der Waals surface area contributed by atoms with Crippen molar-refractivity contribution < 1.29 is 38.1 Å². The molecule has 0 unspecified atom stereocenters. The van der Waals surface area contributed by atoms with Crippen LogP contribution in [0.3, 0.4) is 0 Å². The Morgan fingerprint density at radius 2 is 1.46 bits per heavy atom. The Balaban J connectivity index is 1.36. The second kappa shape index (κ2) is 12.1. The van der Waals surface area contributed by atoms with E-state index < -0.39 is 57.0 Å². The molecule has 1 N–H and O–H groups in total. The van der Waals surface area contributed by atoms with Gasteiger partial charge in [0.15, 0.2) is 21.2 Å². The number of alkyl halides is 2. The van der Waals surface area contributed by atoms with Gasteiger partial charge in [-0.15, -0.1) is 23.2 Å². The number of fused-ring (bicyclic) bond motifs is 4. The number of allylic oxidation sites excluding steroid dienone is 3. The molecule has 12 heteroatoms. The van der Waals surface area contributed by atoms with E-state index in [1.165, 1.54) is 31.3 Å². The van der Waals surface area contributed by atoms with Gasteiger partial charge in [-0.05, 0) is 78.4 Å². The first-order chi connectivity index (χ1) is 23.9. The van der Waals surface area contributed by atoms with Crippen molar-refractivity contribution in [3.63, 3.8) is 0 Å². The van der Waals surface area contributed by atoms with E-state index in [-0.39, 0.29) is 41.7 Å². The Morgan fingerprint density at radius 3 is 2.06 bits per heavy atom. The molecule has 2 aliphatic heterocycles. The van der Waals surface area contributed by atoms with Crippen molar-refractivity contribution in [2.75, 3.05) is 24.0 Å². The fourth-order valence-electron chi connectivity index (χ4n) is 7.88. The van der Waals surface area contributed by atoms with E-state index in [0.29, 0.717) is 16.8 Å². The van der Waals surface area contributed by atoms with Gasteiger partial charge in [0.2, 0.25) is 17.6 Å². The highest BCUT2D eigenvalue weighted by atomic mass is 35.5. The van der Waals surface area contributed by atoms with Gasteiger partial charge in [-0.3, -0.25) is 24.1 Å². The van der Waals surface area contributed by atoms with Crippen molar-refractivity contribution in [1.29, 1.82) is 0 Å². The molecule has 256 valence electrons. The first-order valence-corrected chi connectivity index (χ1v) is 16.6. The molecule has 3 fully saturated rings. The number of hydrogen-bond acceptors (Lipinski definition) is 7. The van der Waals surface area contributed by atoms with Gasteiger partial charge in [-0.25, -0.2) is 9.29 Å². The minimum Gasteiger partial charge on any atom is -0.502 e. The van der Waals surface area contributed by atoms with Crippen molar-refractivity contribution in [2.45, 2.75) is 22.6 Å². The van der Waals surface area contributed by atoms with E-state index in [1.54, 1.807) is 54.6 Å². The summed E-state index contributed by atoms with van der Waals surface area (Å²) >= 11 is 14.8. The van der Waals surface area contributed by atoms with Gasteiger partial charge in [-0.1, -0.05) is 48.6 Å². The lowest BCUT2D eigenvalue weighted by Gasteiger charge is -2.49. The van der Waals surface area contributed by atoms with Crippen LogP contribution in [-0.2, 0) is 19.2 Å². The Bertz CT molecular complexity index is 2010. The third kappa shape index (κ3) is 4.72. The summed E-state index contributed by atoms with van der Waals surface area (Å²) in [5, 5.41) is 10.5. The van der Waals surface area contributed by atoms with Gasteiger partial charge in [0.1, 0.15) is 5.82 Å². The smallest absolute Gasteiger partial charge is 0.258 e.